The monoisotopic (exact) mass is 250 g/mol. The Kier molecular flexibility index (Phi) is 3.68. The van der Waals surface area contributed by atoms with E-state index in [1.165, 1.54) is 0 Å². The molecule has 0 atom stereocenters. The topological polar surface area (TPSA) is 55.8 Å². The quantitative estimate of drug-likeness (QED) is 0.808. The lowest BCUT2D eigenvalue weighted by Gasteiger charge is -2.38. The van der Waals surface area contributed by atoms with E-state index in [0.717, 1.165) is 5.75 Å². The predicted octanol–water partition coefficient (Wildman–Crippen LogP) is 1.67. The normalized spacial score (nSPS) is 17.3. The molecule has 18 heavy (non-hydrogen) atoms. The summed E-state index contributed by atoms with van der Waals surface area (Å²) < 4.78 is 10.6. The SMILES string of the molecule is CC(C)Oc1ccc(C(=O)C2(CO)COC2)cc1. The summed E-state index contributed by atoms with van der Waals surface area (Å²) in [7, 11) is 0. The molecular weight excluding hydrogens is 232 g/mol. The summed E-state index contributed by atoms with van der Waals surface area (Å²) in [5.41, 5.74) is -0.149. The zero-order valence-corrected chi connectivity index (χ0v) is 10.7. The van der Waals surface area contributed by atoms with Crippen LogP contribution in [0.5, 0.6) is 5.75 Å². The fraction of sp³-hybridized carbons (Fsp3) is 0.500. The molecular formula is C14H18O4. The molecule has 4 heteroatoms. The second-order valence-corrected chi connectivity index (χ2v) is 4.95. The number of aliphatic hydroxyl groups excluding tert-OH is 1. The van der Waals surface area contributed by atoms with Crippen LogP contribution in [0.25, 0.3) is 0 Å². The lowest BCUT2D eigenvalue weighted by atomic mass is 9.79. The van der Waals surface area contributed by atoms with E-state index >= 15 is 0 Å². The Labute approximate surface area is 107 Å². The highest BCUT2D eigenvalue weighted by Crippen LogP contribution is 2.31. The van der Waals surface area contributed by atoms with Crippen LogP contribution in [0.15, 0.2) is 24.3 Å². The first-order chi connectivity index (χ1) is 8.57. The second kappa shape index (κ2) is 5.08. The summed E-state index contributed by atoms with van der Waals surface area (Å²) in [5.74, 6) is 0.678. The molecule has 0 bridgehead atoms. The van der Waals surface area contributed by atoms with Crippen LogP contribution in [0, 0.1) is 5.41 Å². The molecule has 1 aromatic rings. The molecule has 0 spiro atoms. The van der Waals surface area contributed by atoms with Gasteiger partial charge in [-0.2, -0.15) is 0 Å². The Hall–Kier alpha value is -1.39. The Balaban J connectivity index is 2.12. The smallest absolute Gasteiger partial charge is 0.175 e. The van der Waals surface area contributed by atoms with Gasteiger partial charge in [0.2, 0.25) is 0 Å². The Bertz CT molecular complexity index is 412. The molecule has 1 aliphatic rings. The molecule has 4 nitrogen and oxygen atoms in total. The number of carbonyl (C=O) groups is 1. The zero-order valence-electron chi connectivity index (χ0n) is 10.7. The molecule has 0 amide bonds. The van der Waals surface area contributed by atoms with Crippen LogP contribution in [0.3, 0.4) is 0 Å². The summed E-state index contributed by atoms with van der Waals surface area (Å²) >= 11 is 0. The van der Waals surface area contributed by atoms with Crippen LogP contribution in [-0.2, 0) is 4.74 Å². The number of hydrogen-bond acceptors (Lipinski definition) is 4. The third kappa shape index (κ3) is 2.40. The van der Waals surface area contributed by atoms with Crippen LogP contribution >= 0.6 is 0 Å². The molecule has 1 heterocycles. The van der Waals surface area contributed by atoms with Crippen LogP contribution in [-0.4, -0.2) is 36.8 Å². The van der Waals surface area contributed by atoms with Crippen LogP contribution in [0.1, 0.15) is 24.2 Å². The highest BCUT2D eigenvalue weighted by molar-refractivity contribution is 6.01. The molecule has 1 aromatic carbocycles. The molecule has 0 saturated carbocycles. The number of ketones is 1. The second-order valence-electron chi connectivity index (χ2n) is 4.95. The van der Waals surface area contributed by atoms with E-state index in [1.807, 2.05) is 13.8 Å². The number of aliphatic hydroxyl groups is 1. The van der Waals surface area contributed by atoms with Gasteiger partial charge in [-0.05, 0) is 38.1 Å². The molecule has 0 aromatic heterocycles. The van der Waals surface area contributed by atoms with Crippen molar-refractivity contribution in [3.63, 3.8) is 0 Å². The maximum Gasteiger partial charge on any atom is 0.175 e. The van der Waals surface area contributed by atoms with E-state index in [0.29, 0.717) is 18.8 Å². The number of benzene rings is 1. The molecule has 1 N–H and O–H groups in total. The fourth-order valence-electron chi connectivity index (χ4n) is 1.91. The average molecular weight is 250 g/mol. The minimum atomic E-state index is -0.736. The third-order valence-electron chi connectivity index (χ3n) is 3.03. The van der Waals surface area contributed by atoms with Crippen molar-refractivity contribution in [1.29, 1.82) is 0 Å². The van der Waals surface area contributed by atoms with Crippen LogP contribution < -0.4 is 4.74 Å². The summed E-state index contributed by atoms with van der Waals surface area (Å²) in [6.07, 6.45) is 0.107. The van der Waals surface area contributed by atoms with E-state index in [2.05, 4.69) is 0 Å². The van der Waals surface area contributed by atoms with E-state index in [9.17, 15) is 9.90 Å². The number of Topliss-reactive ketones (excluding diaryl/α,β-unsaturated/α-hetero) is 1. The molecule has 1 saturated heterocycles. The Morgan fingerprint density at radius 3 is 2.39 bits per heavy atom. The summed E-state index contributed by atoms with van der Waals surface area (Å²) in [5, 5.41) is 9.32. The molecule has 2 rings (SSSR count). The number of rotatable bonds is 5. The molecule has 1 fully saturated rings. The van der Waals surface area contributed by atoms with Crippen LogP contribution in [0.4, 0.5) is 0 Å². The lowest BCUT2D eigenvalue weighted by molar-refractivity contribution is -0.109. The van der Waals surface area contributed by atoms with Gasteiger partial charge in [0.25, 0.3) is 0 Å². The van der Waals surface area contributed by atoms with E-state index in [1.54, 1.807) is 24.3 Å². The number of hydrogen-bond donors (Lipinski definition) is 1. The average Bonchev–Trinajstić information content (AvgIpc) is 2.28. The van der Waals surface area contributed by atoms with Crippen molar-refractivity contribution < 1.29 is 19.4 Å². The lowest BCUT2D eigenvalue weighted by Crippen LogP contribution is -2.51. The van der Waals surface area contributed by atoms with Crippen molar-refractivity contribution in [3.05, 3.63) is 29.8 Å². The molecule has 1 aliphatic heterocycles. The Morgan fingerprint density at radius 2 is 2.00 bits per heavy atom. The van der Waals surface area contributed by atoms with Crippen molar-refractivity contribution in [1.82, 2.24) is 0 Å². The van der Waals surface area contributed by atoms with E-state index < -0.39 is 5.41 Å². The molecule has 0 radical (unpaired) electrons. The van der Waals surface area contributed by atoms with Crippen molar-refractivity contribution in [2.75, 3.05) is 19.8 Å². The van der Waals surface area contributed by atoms with Crippen LogP contribution in [0.2, 0.25) is 0 Å². The van der Waals surface area contributed by atoms with Crippen molar-refractivity contribution in [3.8, 4) is 5.75 Å². The Morgan fingerprint density at radius 1 is 1.39 bits per heavy atom. The highest BCUT2D eigenvalue weighted by Gasteiger charge is 2.45. The van der Waals surface area contributed by atoms with Gasteiger partial charge in [-0.3, -0.25) is 4.79 Å². The first kappa shape index (κ1) is 13.1. The largest absolute Gasteiger partial charge is 0.491 e. The maximum atomic E-state index is 12.2. The van der Waals surface area contributed by atoms with E-state index in [4.69, 9.17) is 9.47 Å². The van der Waals surface area contributed by atoms with Gasteiger partial charge in [0.05, 0.1) is 25.9 Å². The first-order valence-corrected chi connectivity index (χ1v) is 6.07. The van der Waals surface area contributed by atoms with E-state index in [-0.39, 0.29) is 18.5 Å². The number of carbonyl (C=O) groups excluding carboxylic acids is 1. The van der Waals surface area contributed by atoms with Crippen molar-refractivity contribution in [2.45, 2.75) is 20.0 Å². The maximum absolute atomic E-state index is 12.2. The number of ether oxygens (including phenoxy) is 2. The molecule has 0 aliphatic carbocycles. The third-order valence-corrected chi connectivity index (χ3v) is 3.03. The summed E-state index contributed by atoms with van der Waals surface area (Å²) in [6, 6.07) is 7.02. The predicted molar refractivity (Wildman–Crippen MR) is 66.9 cm³/mol. The minimum absolute atomic E-state index is 0.0626. The molecule has 0 unspecified atom stereocenters. The van der Waals surface area contributed by atoms with Gasteiger partial charge in [0.1, 0.15) is 11.2 Å². The van der Waals surface area contributed by atoms with Gasteiger partial charge in [0, 0.05) is 5.56 Å². The molecule has 98 valence electrons. The summed E-state index contributed by atoms with van der Waals surface area (Å²) in [4.78, 5) is 12.2. The van der Waals surface area contributed by atoms with Gasteiger partial charge in [0.15, 0.2) is 5.78 Å². The summed E-state index contributed by atoms with van der Waals surface area (Å²) in [6.45, 7) is 4.33. The van der Waals surface area contributed by atoms with Crippen molar-refractivity contribution >= 4 is 5.78 Å². The fourth-order valence-corrected chi connectivity index (χ4v) is 1.91. The van der Waals surface area contributed by atoms with Crippen molar-refractivity contribution in [2.24, 2.45) is 5.41 Å². The zero-order chi connectivity index (χ0) is 13.2. The van der Waals surface area contributed by atoms with Gasteiger partial charge in [-0.15, -0.1) is 0 Å². The standard InChI is InChI=1S/C14H18O4/c1-10(2)18-12-5-3-11(4-6-12)13(16)14(7-15)8-17-9-14/h3-6,10,15H,7-9H2,1-2H3. The van der Waals surface area contributed by atoms with Gasteiger partial charge in [-0.1, -0.05) is 0 Å². The van der Waals surface area contributed by atoms with Gasteiger partial charge in [-0.25, -0.2) is 0 Å². The first-order valence-electron chi connectivity index (χ1n) is 6.07. The highest BCUT2D eigenvalue weighted by atomic mass is 16.5. The van der Waals surface area contributed by atoms with Gasteiger partial charge < -0.3 is 14.6 Å². The van der Waals surface area contributed by atoms with Gasteiger partial charge >= 0.3 is 0 Å². The minimum Gasteiger partial charge on any atom is -0.491 e.